The molecule has 0 saturated heterocycles. The van der Waals surface area contributed by atoms with Crippen LogP contribution in [0.1, 0.15) is 11.5 Å². The van der Waals surface area contributed by atoms with Crippen LogP contribution >= 0.6 is 0 Å². The van der Waals surface area contributed by atoms with Crippen molar-refractivity contribution >= 4 is 23.5 Å². The fourth-order valence-electron chi connectivity index (χ4n) is 2.34. The van der Waals surface area contributed by atoms with Gasteiger partial charge in [0.15, 0.2) is 0 Å². The number of fused-ring (bicyclic) bond motifs is 1. The number of hydrogen-bond donors (Lipinski definition) is 0. The number of rotatable bonds is 2. The molecule has 0 N–H and O–H groups in total. The maximum atomic E-state index is 12.2. The second kappa shape index (κ2) is 4.69. The van der Waals surface area contributed by atoms with E-state index in [1.807, 2.05) is 54.6 Å². The molecule has 1 aliphatic heterocycles. The summed E-state index contributed by atoms with van der Waals surface area (Å²) in [4.78, 5) is 18.3. The van der Waals surface area contributed by atoms with Crippen molar-refractivity contribution in [1.29, 1.82) is 0 Å². The topological polar surface area (TPSA) is 32.7 Å². The van der Waals surface area contributed by atoms with E-state index < -0.39 is 0 Å². The second-order valence-electron chi connectivity index (χ2n) is 4.55. The van der Waals surface area contributed by atoms with Gasteiger partial charge in [0.1, 0.15) is 5.92 Å². The van der Waals surface area contributed by atoms with Gasteiger partial charge in [-0.2, -0.15) is 0 Å². The van der Waals surface area contributed by atoms with Crippen LogP contribution in [-0.4, -0.2) is 19.2 Å². The normalized spacial score (nSPS) is 18.1. The lowest BCUT2D eigenvalue weighted by Crippen LogP contribution is -2.24. The van der Waals surface area contributed by atoms with E-state index in [0.29, 0.717) is 0 Å². The molecule has 0 spiro atoms. The Kier molecular flexibility index (Phi) is 2.88. The van der Waals surface area contributed by atoms with E-state index in [0.717, 1.165) is 16.9 Å². The van der Waals surface area contributed by atoms with Crippen LogP contribution in [0.25, 0.3) is 0 Å². The molecular formula is C16H14N2O. The van der Waals surface area contributed by atoms with Crippen molar-refractivity contribution in [3.63, 3.8) is 0 Å². The molecule has 0 aliphatic carbocycles. The van der Waals surface area contributed by atoms with Crippen LogP contribution in [0.2, 0.25) is 0 Å². The Balaban J connectivity index is 1.94. The Morgan fingerprint density at radius 3 is 2.53 bits per heavy atom. The lowest BCUT2D eigenvalue weighted by molar-refractivity contribution is -0.117. The minimum Gasteiger partial charge on any atom is -0.314 e. The highest BCUT2D eigenvalue weighted by Gasteiger charge is 2.33. The molecule has 1 aliphatic rings. The minimum absolute atomic E-state index is 0.0703. The van der Waals surface area contributed by atoms with Gasteiger partial charge < -0.3 is 4.90 Å². The maximum absolute atomic E-state index is 12.2. The van der Waals surface area contributed by atoms with Crippen molar-refractivity contribution in [3.8, 4) is 0 Å². The van der Waals surface area contributed by atoms with Gasteiger partial charge in [-0.15, -0.1) is 0 Å². The Labute approximate surface area is 112 Å². The summed E-state index contributed by atoms with van der Waals surface area (Å²) in [6, 6.07) is 17.5. The highest BCUT2D eigenvalue weighted by atomic mass is 16.2. The van der Waals surface area contributed by atoms with Crippen LogP contribution in [0.3, 0.4) is 0 Å². The summed E-state index contributed by atoms with van der Waals surface area (Å²) in [6.07, 6.45) is 1.74. The molecule has 3 heteroatoms. The van der Waals surface area contributed by atoms with E-state index in [-0.39, 0.29) is 11.8 Å². The molecule has 1 atom stereocenters. The van der Waals surface area contributed by atoms with Crippen molar-refractivity contribution in [1.82, 2.24) is 0 Å². The predicted molar refractivity (Wildman–Crippen MR) is 77.2 cm³/mol. The summed E-state index contributed by atoms with van der Waals surface area (Å²) in [5.74, 6) is -0.206. The SMILES string of the molecule is CN1C(=O)C(C=Nc2ccccc2)c2ccccc21. The van der Waals surface area contributed by atoms with Gasteiger partial charge in [-0.3, -0.25) is 9.79 Å². The molecule has 19 heavy (non-hydrogen) atoms. The number of aliphatic imine (C=N–C) groups is 1. The van der Waals surface area contributed by atoms with Crippen molar-refractivity contribution < 1.29 is 4.79 Å². The third-order valence-electron chi connectivity index (χ3n) is 3.36. The fraction of sp³-hybridized carbons (Fsp3) is 0.125. The monoisotopic (exact) mass is 250 g/mol. The third-order valence-corrected chi connectivity index (χ3v) is 3.36. The number of likely N-dealkylation sites (N-methyl/N-ethyl adjacent to an activating group) is 1. The first-order valence-electron chi connectivity index (χ1n) is 6.23. The molecule has 0 aromatic heterocycles. The summed E-state index contributed by atoms with van der Waals surface area (Å²) >= 11 is 0. The van der Waals surface area contributed by atoms with Crippen molar-refractivity contribution in [3.05, 3.63) is 60.2 Å². The van der Waals surface area contributed by atoms with Gasteiger partial charge in [-0.25, -0.2) is 0 Å². The van der Waals surface area contributed by atoms with E-state index in [2.05, 4.69) is 4.99 Å². The van der Waals surface area contributed by atoms with Crippen molar-refractivity contribution in [2.45, 2.75) is 5.92 Å². The predicted octanol–water partition coefficient (Wildman–Crippen LogP) is 3.15. The molecule has 94 valence electrons. The van der Waals surface area contributed by atoms with Gasteiger partial charge in [0.25, 0.3) is 0 Å². The largest absolute Gasteiger partial charge is 0.314 e. The summed E-state index contributed by atoms with van der Waals surface area (Å²) in [7, 11) is 1.80. The van der Waals surface area contributed by atoms with Gasteiger partial charge in [0.2, 0.25) is 5.91 Å². The van der Waals surface area contributed by atoms with Gasteiger partial charge >= 0.3 is 0 Å². The fourth-order valence-corrected chi connectivity index (χ4v) is 2.34. The Morgan fingerprint density at radius 1 is 1.05 bits per heavy atom. The van der Waals surface area contributed by atoms with E-state index in [9.17, 15) is 4.79 Å². The number of nitrogens with zero attached hydrogens (tertiary/aromatic N) is 2. The molecule has 0 saturated carbocycles. The molecule has 3 rings (SSSR count). The number of para-hydroxylation sites is 2. The lowest BCUT2D eigenvalue weighted by atomic mass is 10.0. The van der Waals surface area contributed by atoms with Crippen LogP contribution in [0.4, 0.5) is 11.4 Å². The number of hydrogen-bond acceptors (Lipinski definition) is 2. The van der Waals surface area contributed by atoms with E-state index in [1.165, 1.54) is 0 Å². The average molecular weight is 250 g/mol. The van der Waals surface area contributed by atoms with Crippen LogP contribution in [-0.2, 0) is 4.79 Å². The highest BCUT2D eigenvalue weighted by molar-refractivity contribution is 6.13. The molecule has 0 bridgehead atoms. The third kappa shape index (κ3) is 2.03. The summed E-state index contributed by atoms with van der Waals surface area (Å²) in [5.41, 5.74) is 2.86. The minimum atomic E-state index is -0.276. The Bertz CT molecular complexity index is 634. The van der Waals surface area contributed by atoms with Crippen molar-refractivity contribution in [2.75, 3.05) is 11.9 Å². The Hall–Kier alpha value is -2.42. The average Bonchev–Trinajstić information content (AvgIpc) is 2.71. The molecule has 2 aromatic rings. The quantitative estimate of drug-likeness (QED) is 0.753. The van der Waals surface area contributed by atoms with Crippen molar-refractivity contribution in [2.24, 2.45) is 4.99 Å². The first-order chi connectivity index (χ1) is 9.27. The summed E-state index contributed by atoms with van der Waals surface area (Å²) in [5, 5.41) is 0. The summed E-state index contributed by atoms with van der Waals surface area (Å²) in [6.45, 7) is 0. The standard InChI is InChI=1S/C16H14N2O/c1-18-15-10-6-5-9-13(15)14(16(18)19)11-17-12-7-3-2-4-8-12/h2-11,14H,1H3. The molecule has 3 nitrogen and oxygen atoms in total. The number of carbonyl (C=O) groups excluding carboxylic acids is 1. The second-order valence-corrected chi connectivity index (χ2v) is 4.55. The maximum Gasteiger partial charge on any atom is 0.239 e. The van der Waals surface area contributed by atoms with Gasteiger partial charge in [0.05, 0.1) is 5.69 Å². The van der Waals surface area contributed by atoms with E-state index >= 15 is 0 Å². The lowest BCUT2D eigenvalue weighted by Gasteiger charge is -2.08. The van der Waals surface area contributed by atoms with Crippen LogP contribution in [0, 0.1) is 0 Å². The van der Waals surface area contributed by atoms with Gasteiger partial charge in [0, 0.05) is 18.9 Å². The Morgan fingerprint density at radius 2 is 1.74 bits per heavy atom. The number of carbonyl (C=O) groups is 1. The summed E-state index contributed by atoms with van der Waals surface area (Å²) < 4.78 is 0. The highest BCUT2D eigenvalue weighted by Crippen LogP contribution is 2.35. The van der Waals surface area contributed by atoms with Crippen LogP contribution in [0.5, 0.6) is 0 Å². The molecular weight excluding hydrogens is 236 g/mol. The van der Waals surface area contributed by atoms with Gasteiger partial charge in [-0.1, -0.05) is 36.4 Å². The zero-order valence-corrected chi connectivity index (χ0v) is 10.7. The molecule has 1 heterocycles. The molecule has 0 fully saturated rings. The van der Waals surface area contributed by atoms with Crippen LogP contribution < -0.4 is 4.90 Å². The molecule has 1 unspecified atom stereocenters. The van der Waals surface area contributed by atoms with E-state index in [4.69, 9.17) is 0 Å². The number of anilines is 1. The van der Waals surface area contributed by atoms with Crippen LogP contribution in [0.15, 0.2) is 59.6 Å². The smallest absolute Gasteiger partial charge is 0.239 e. The zero-order valence-electron chi connectivity index (χ0n) is 10.7. The molecule has 2 aromatic carbocycles. The van der Waals surface area contributed by atoms with E-state index in [1.54, 1.807) is 18.2 Å². The number of amides is 1. The zero-order chi connectivity index (χ0) is 13.2. The first kappa shape index (κ1) is 11.7. The van der Waals surface area contributed by atoms with Gasteiger partial charge in [-0.05, 0) is 23.8 Å². The number of benzene rings is 2. The first-order valence-corrected chi connectivity index (χ1v) is 6.23. The molecule has 0 radical (unpaired) electrons. The molecule has 1 amide bonds.